The molecule has 3 N–H and O–H groups in total. The monoisotopic (exact) mass is 245 g/mol. The van der Waals surface area contributed by atoms with E-state index in [1.165, 1.54) is 12.1 Å². The molecule has 1 saturated carbocycles. The average Bonchev–Trinajstić information content (AvgIpc) is 2.27. The highest BCUT2D eigenvalue weighted by molar-refractivity contribution is 5.32. The molecule has 2 rings (SSSR count). The first-order chi connectivity index (χ1) is 7.82. The summed E-state index contributed by atoms with van der Waals surface area (Å²) in [6, 6.07) is 3.81. The van der Waals surface area contributed by atoms with Crippen molar-refractivity contribution in [2.75, 3.05) is 0 Å². The highest BCUT2D eigenvalue weighted by atomic mass is 19.3. The summed E-state index contributed by atoms with van der Waals surface area (Å²) in [6.45, 7) is 0. The lowest BCUT2D eigenvalue weighted by atomic mass is 9.76. The molecule has 1 aromatic carbocycles. The van der Waals surface area contributed by atoms with Gasteiger partial charge in [-0.2, -0.15) is 0 Å². The first kappa shape index (κ1) is 12.2. The molecule has 0 saturated heterocycles. The normalized spacial score (nSPS) is 22.4. The molecule has 0 amide bonds. The number of phenolic OH excluding ortho intramolecular Hbond substituents is 1. The smallest absolute Gasteiger partial charge is 0.248 e. The van der Waals surface area contributed by atoms with Gasteiger partial charge in [-0.15, -0.1) is 0 Å². The minimum atomic E-state index is -2.67. The molecule has 2 nitrogen and oxygen atoms in total. The first-order valence-electron chi connectivity index (χ1n) is 5.48. The fourth-order valence-electron chi connectivity index (χ4n) is 2.17. The third-order valence-corrected chi connectivity index (χ3v) is 3.40. The van der Waals surface area contributed by atoms with Gasteiger partial charge < -0.3 is 10.8 Å². The van der Waals surface area contributed by atoms with E-state index in [4.69, 9.17) is 10.8 Å². The number of alkyl halides is 2. The van der Waals surface area contributed by atoms with Gasteiger partial charge in [0, 0.05) is 18.4 Å². The molecule has 17 heavy (non-hydrogen) atoms. The van der Waals surface area contributed by atoms with Crippen molar-refractivity contribution in [2.45, 2.75) is 37.1 Å². The number of benzene rings is 1. The molecule has 0 aliphatic heterocycles. The van der Waals surface area contributed by atoms with Gasteiger partial charge in [-0.3, -0.25) is 0 Å². The van der Waals surface area contributed by atoms with Crippen LogP contribution in [-0.4, -0.2) is 11.0 Å². The Hall–Kier alpha value is -1.23. The topological polar surface area (TPSA) is 46.2 Å². The molecule has 0 radical (unpaired) electrons. The van der Waals surface area contributed by atoms with E-state index in [0.717, 1.165) is 6.07 Å². The van der Waals surface area contributed by atoms with E-state index in [0.29, 0.717) is 5.56 Å². The summed E-state index contributed by atoms with van der Waals surface area (Å²) in [5.41, 5.74) is 5.58. The fraction of sp³-hybridized carbons (Fsp3) is 0.500. The average molecular weight is 245 g/mol. The van der Waals surface area contributed by atoms with Crippen molar-refractivity contribution in [1.29, 1.82) is 0 Å². The second-order valence-corrected chi connectivity index (χ2v) is 4.68. The van der Waals surface area contributed by atoms with Crippen LogP contribution in [0, 0.1) is 5.82 Å². The highest BCUT2D eigenvalue weighted by Gasteiger charge is 2.42. The van der Waals surface area contributed by atoms with Crippen LogP contribution < -0.4 is 5.73 Å². The van der Waals surface area contributed by atoms with Crippen LogP contribution in [0.2, 0.25) is 0 Å². The minimum absolute atomic E-state index is 0.115. The molecular formula is C12H14F3NO. The van der Waals surface area contributed by atoms with Crippen LogP contribution in [0.4, 0.5) is 13.2 Å². The number of rotatable bonds is 1. The Morgan fingerprint density at radius 3 is 2.24 bits per heavy atom. The third-order valence-electron chi connectivity index (χ3n) is 3.40. The van der Waals surface area contributed by atoms with Gasteiger partial charge in [0.1, 0.15) is 0 Å². The lowest BCUT2D eigenvalue weighted by Gasteiger charge is -2.37. The highest BCUT2D eigenvalue weighted by Crippen LogP contribution is 2.42. The Morgan fingerprint density at radius 2 is 1.71 bits per heavy atom. The van der Waals surface area contributed by atoms with Gasteiger partial charge in [0.25, 0.3) is 0 Å². The Bertz CT molecular complexity index is 424. The molecule has 0 unspecified atom stereocenters. The van der Waals surface area contributed by atoms with E-state index in [-0.39, 0.29) is 25.7 Å². The van der Waals surface area contributed by atoms with E-state index in [1.807, 2.05) is 0 Å². The van der Waals surface area contributed by atoms with E-state index >= 15 is 0 Å². The quantitative estimate of drug-likeness (QED) is 0.799. The lowest BCUT2D eigenvalue weighted by Crippen LogP contribution is -2.43. The Morgan fingerprint density at radius 1 is 1.12 bits per heavy atom. The second kappa shape index (κ2) is 3.91. The van der Waals surface area contributed by atoms with Gasteiger partial charge in [-0.25, -0.2) is 13.2 Å². The molecular weight excluding hydrogens is 231 g/mol. The molecule has 1 aromatic rings. The summed E-state index contributed by atoms with van der Waals surface area (Å²) in [5.74, 6) is -3.90. The van der Waals surface area contributed by atoms with Crippen LogP contribution in [0.15, 0.2) is 18.2 Å². The maximum atomic E-state index is 13.2. The molecule has 1 fully saturated rings. The van der Waals surface area contributed by atoms with Gasteiger partial charge in [0.05, 0.1) is 0 Å². The van der Waals surface area contributed by atoms with E-state index in [1.54, 1.807) is 0 Å². The zero-order valence-electron chi connectivity index (χ0n) is 9.22. The number of hydrogen-bond acceptors (Lipinski definition) is 2. The first-order valence-corrected chi connectivity index (χ1v) is 5.48. The second-order valence-electron chi connectivity index (χ2n) is 4.68. The SMILES string of the molecule is NC1(c2ccc(O)c(F)c2)CCC(F)(F)CC1. The van der Waals surface area contributed by atoms with Crippen molar-refractivity contribution in [3.05, 3.63) is 29.6 Å². The van der Waals surface area contributed by atoms with Gasteiger partial charge >= 0.3 is 0 Å². The standard InChI is InChI=1S/C12H14F3NO/c13-9-7-8(1-2-10(9)17)11(16)3-5-12(14,15)6-4-11/h1-2,7,17H,3-6,16H2. The number of nitrogens with two attached hydrogens (primary N) is 1. The van der Waals surface area contributed by atoms with Crippen LogP contribution in [0.1, 0.15) is 31.2 Å². The van der Waals surface area contributed by atoms with Gasteiger partial charge in [0.15, 0.2) is 11.6 Å². The molecule has 1 aliphatic carbocycles. The summed E-state index contributed by atoms with van der Waals surface area (Å²) in [7, 11) is 0. The fourth-order valence-corrected chi connectivity index (χ4v) is 2.17. The predicted molar refractivity (Wildman–Crippen MR) is 57.3 cm³/mol. The molecule has 0 heterocycles. The predicted octanol–water partition coefficient (Wildman–Crippen LogP) is 2.89. The molecule has 1 aliphatic rings. The van der Waals surface area contributed by atoms with Crippen molar-refractivity contribution >= 4 is 0 Å². The van der Waals surface area contributed by atoms with E-state index in [2.05, 4.69) is 0 Å². The molecule has 94 valence electrons. The zero-order chi connectivity index (χ0) is 12.7. The Kier molecular flexibility index (Phi) is 2.81. The molecule has 0 aromatic heterocycles. The number of hydrogen-bond donors (Lipinski definition) is 2. The summed E-state index contributed by atoms with van der Waals surface area (Å²) in [4.78, 5) is 0. The van der Waals surface area contributed by atoms with Crippen molar-refractivity contribution in [1.82, 2.24) is 0 Å². The number of phenols is 1. The van der Waals surface area contributed by atoms with E-state index < -0.39 is 23.0 Å². The third kappa shape index (κ3) is 2.39. The van der Waals surface area contributed by atoms with Crippen LogP contribution in [0.3, 0.4) is 0 Å². The van der Waals surface area contributed by atoms with Crippen LogP contribution in [-0.2, 0) is 5.54 Å². The van der Waals surface area contributed by atoms with Crippen LogP contribution in [0.5, 0.6) is 5.75 Å². The maximum Gasteiger partial charge on any atom is 0.248 e. The van der Waals surface area contributed by atoms with Crippen molar-refractivity contribution in [3.63, 3.8) is 0 Å². The molecule has 0 atom stereocenters. The van der Waals surface area contributed by atoms with Crippen LogP contribution >= 0.6 is 0 Å². The van der Waals surface area contributed by atoms with Gasteiger partial charge in [-0.1, -0.05) is 6.07 Å². The molecule has 0 bridgehead atoms. The lowest BCUT2D eigenvalue weighted by molar-refractivity contribution is -0.0514. The summed E-state index contributed by atoms with van der Waals surface area (Å²) in [6.07, 6.45) is -0.341. The molecule has 0 spiro atoms. The summed E-state index contributed by atoms with van der Waals surface area (Å²) < 4.78 is 39.3. The number of halogens is 3. The van der Waals surface area contributed by atoms with Crippen molar-refractivity contribution in [2.24, 2.45) is 5.73 Å². The Balaban J connectivity index is 2.24. The van der Waals surface area contributed by atoms with Crippen LogP contribution in [0.25, 0.3) is 0 Å². The number of aromatic hydroxyl groups is 1. The minimum Gasteiger partial charge on any atom is -0.505 e. The summed E-state index contributed by atoms with van der Waals surface area (Å²) in [5, 5.41) is 9.07. The summed E-state index contributed by atoms with van der Waals surface area (Å²) >= 11 is 0. The Labute approximate surface area is 97.2 Å². The maximum absolute atomic E-state index is 13.2. The van der Waals surface area contributed by atoms with E-state index in [9.17, 15) is 13.2 Å². The van der Waals surface area contributed by atoms with Gasteiger partial charge in [0.2, 0.25) is 5.92 Å². The van der Waals surface area contributed by atoms with Crippen molar-refractivity contribution < 1.29 is 18.3 Å². The van der Waals surface area contributed by atoms with Gasteiger partial charge in [-0.05, 0) is 30.5 Å². The largest absolute Gasteiger partial charge is 0.505 e. The zero-order valence-corrected chi connectivity index (χ0v) is 9.22. The van der Waals surface area contributed by atoms with Crippen molar-refractivity contribution in [3.8, 4) is 5.75 Å². The molecule has 5 heteroatoms.